The number of pyridine rings is 1. The van der Waals surface area contributed by atoms with Gasteiger partial charge in [-0.3, -0.25) is 4.79 Å². The van der Waals surface area contributed by atoms with Gasteiger partial charge < -0.3 is 9.94 Å². The molecule has 0 atom stereocenters. The van der Waals surface area contributed by atoms with E-state index >= 15 is 0 Å². The Bertz CT molecular complexity index is 872. The van der Waals surface area contributed by atoms with Crippen molar-refractivity contribution in [2.45, 2.75) is 0 Å². The van der Waals surface area contributed by atoms with Crippen LogP contribution in [0.25, 0.3) is 11.1 Å². The number of hydrogen-bond donors (Lipinski definition) is 0. The molecule has 0 aliphatic rings. The summed E-state index contributed by atoms with van der Waals surface area (Å²) in [5, 5.41) is 10.9. The zero-order valence-corrected chi connectivity index (χ0v) is 13.3. The van der Waals surface area contributed by atoms with E-state index in [1.807, 2.05) is 42.5 Å². The van der Waals surface area contributed by atoms with E-state index in [9.17, 15) is 14.8 Å². The average Bonchev–Trinajstić information content (AvgIpc) is 2.67. The fraction of sp³-hybridized carbons (Fsp3) is 0.0500. The van der Waals surface area contributed by atoms with Crippen LogP contribution in [-0.4, -0.2) is 18.4 Å². The molecule has 0 unspecified atom stereocenters. The minimum Gasteiger partial charge on any atom is -0.619 e. The number of ketones is 1. The largest absolute Gasteiger partial charge is 0.619 e. The van der Waals surface area contributed by atoms with E-state index in [1.165, 1.54) is 24.5 Å². The molecule has 5 heteroatoms. The van der Waals surface area contributed by atoms with Gasteiger partial charge in [0, 0.05) is 17.7 Å². The molecule has 3 aromatic rings. The van der Waals surface area contributed by atoms with E-state index in [0.29, 0.717) is 10.3 Å². The molecule has 0 bridgehead atoms. The van der Waals surface area contributed by atoms with Crippen molar-refractivity contribution in [3.05, 3.63) is 95.5 Å². The molecule has 1 aromatic heterocycles. The van der Waals surface area contributed by atoms with Crippen LogP contribution in [0, 0.1) is 5.21 Å². The monoisotopic (exact) mass is 333 g/mol. The fourth-order valence-corrected chi connectivity index (χ4v) is 2.33. The lowest BCUT2D eigenvalue weighted by atomic mass is 10.0. The number of Topliss-reactive ketones (excluding diaryl/α,β-unsaturated/α-hetero) is 1. The van der Waals surface area contributed by atoms with Gasteiger partial charge in [-0.15, -0.1) is 0 Å². The van der Waals surface area contributed by atoms with Crippen LogP contribution in [0.3, 0.4) is 0 Å². The molecule has 0 saturated heterocycles. The van der Waals surface area contributed by atoms with Crippen molar-refractivity contribution in [1.29, 1.82) is 0 Å². The zero-order chi connectivity index (χ0) is 17.6. The van der Waals surface area contributed by atoms with Crippen molar-refractivity contribution in [3.63, 3.8) is 0 Å². The molecule has 5 nitrogen and oxygen atoms in total. The Kier molecular flexibility index (Phi) is 4.85. The Labute approximate surface area is 144 Å². The summed E-state index contributed by atoms with van der Waals surface area (Å²) in [6, 6.07) is 19.6. The predicted molar refractivity (Wildman–Crippen MR) is 91.9 cm³/mol. The van der Waals surface area contributed by atoms with Crippen LogP contribution in [0.5, 0.6) is 0 Å². The normalized spacial score (nSPS) is 10.2. The minimum atomic E-state index is -0.644. The Morgan fingerprint density at radius 1 is 0.800 bits per heavy atom. The van der Waals surface area contributed by atoms with Gasteiger partial charge >= 0.3 is 5.97 Å². The Morgan fingerprint density at radius 3 is 2.04 bits per heavy atom. The van der Waals surface area contributed by atoms with Gasteiger partial charge in [0.05, 0.1) is 5.56 Å². The lowest BCUT2D eigenvalue weighted by Gasteiger charge is -2.06. The zero-order valence-electron chi connectivity index (χ0n) is 13.3. The van der Waals surface area contributed by atoms with E-state index in [0.717, 1.165) is 11.1 Å². The lowest BCUT2D eigenvalue weighted by Crippen LogP contribution is -2.24. The average molecular weight is 333 g/mol. The molecule has 0 spiro atoms. The van der Waals surface area contributed by atoms with E-state index in [4.69, 9.17) is 4.74 Å². The third-order valence-corrected chi connectivity index (χ3v) is 3.69. The van der Waals surface area contributed by atoms with Crippen LogP contribution in [0.2, 0.25) is 0 Å². The first-order valence-electron chi connectivity index (χ1n) is 7.68. The van der Waals surface area contributed by atoms with Crippen molar-refractivity contribution in [1.82, 2.24) is 0 Å². The maximum Gasteiger partial charge on any atom is 0.339 e. The third-order valence-electron chi connectivity index (χ3n) is 3.69. The Hall–Kier alpha value is -3.47. The van der Waals surface area contributed by atoms with Crippen LogP contribution in [0.1, 0.15) is 20.7 Å². The molecule has 0 fully saturated rings. The fourth-order valence-electron chi connectivity index (χ4n) is 2.33. The number of aromatic nitrogens is 1. The van der Waals surface area contributed by atoms with Crippen LogP contribution < -0.4 is 4.73 Å². The number of nitrogens with zero attached hydrogens (tertiary/aromatic N) is 1. The van der Waals surface area contributed by atoms with Gasteiger partial charge in [-0.1, -0.05) is 54.6 Å². The van der Waals surface area contributed by atoms with Gasteiger partial charge in [0.1, 0.15) is 0 Å². The highest BCUT2D eigenvalue weighted by Gasteiger charge is 2.12. The SMILES string of the molecule is O=C(COC(=O)c1cc[n+]([O-])cc1)c1ccc(-c2ccccc2)cc1. The molecule has 0 aliphatic heterocycles. The van der Waals surface area contributed by atoms with Crippen molar-refractivity contribution >= 4 is 11.8 Å². The number of ether oxygens (including phenoxy) is 1. The molecule has 0 aliphatic carbocycles. The summed E-state index contributed by atoms with van der Waals surface area (Å²) in [5.41, 5.74) is 2.76. The molecular weight excluding hydrogens is 318 g/mol. The van der Waals surface area contributed by atoms with Crippen molar-refractivity contribution in [2.75, 3.05) is 6.61 Å². The van der Waals surface area contributed by atoms with E-state index in [2.05, 4.69) is 0 Å². The van der Waals surface area contributed by atoms with E-state index in [-0.39, 0.29) is 18.0 Å². The first-order chi connectivity index (χ1) is 12.1. The summed E-state index contributed by atoms with van der Waals surface area (Å²) < 4.78 is 5.56. The highest BCUT2D eigenvalue weighted by atomic mass is 16.5. The topological polar surface area (TPSA) is 70.3 Å². The second-order valence-electron chi connectivity index (χ2n) is 5.39. The molecular formula is C20H15NO4. The van der Waals surface area contributed by atoms with Crippen molar-refractivity contribution in [2.24, 2.45) is 0 Å². The van der Waals surface area contributed by atoms with Crippen molar-refractivity contribution in [3.8, 4) is 11.1 Å². The second-order valence-corrected chi connectivity index (χ2v) is 5.39. The quantitative estimate of drug-likeness (QED) is 0.311. The van der Waals surface area contributed by atoms with Gasteiger partial charge in [-0.05, 0) is 11.1 Å². The molecule has 0 amide bonds. The highest BCUT2D eigenvalue weighted by molar-refractivity contribution is 5.99. The Balaban J connectivity index is 1.61. The smallest absolute Gasteiger partial charge is 0.339 e. The first kappa shape index (κ1) is 16.4. The second kappa shape index (κ2) is 7.40. The molecule has 124 valence electrons. The van der Waals surface area contributed by atoms with Crippen LogP contribution in [0.15, 0.2) is 79.1 Å². The number of benzene rings is 2. The minimum absolute atomic E-state index is 0.222. The van der Waals surface area contributed by atoms with Crippen LogP contribution >= 0.6 is 0 Å². The summed E-state index contributed by atoms with van der Waals surface area (Å²) in [6.07, 6.45) is 2.39. The molecule has 2 aromatic carbocycles. The van der Waals surface area contributed by atoms with Gasteiger partial charge in [-0.25, -0.2) is 4.79 Å². The van der Waals surface area contributed by atoms with Gasteiger partial charge in [0.25, 0.3) is 0 Å². The molecule has 0 radical (unpaired) electrons. The number of carbonyl (C=O) groups excluding carboxylic acids is 2. The van der Waals surface area contributed by atoms with Crippen LogP contribution in [-0.2, 0) is 4.74 Å². The number of rotatable bonds is 5. The Morgan fingerprint density at radius 2 is 1.40 bits per heavy atom. The molecule has 0 N–H and O–H groups in total. The summed E-state index contributed by atoms with van der Waals surface area (Å²) in [4.78, 5) is 24.0. The summed E-state index contributed by atoms with van der Waals surface area (Å²) in [7, 11) is 0. The maximum absolute atomic E-state index is 12.2. The van der Waals surface area contributed by atoms with Gasteiger partial charge in [-0.2, -0.15) is 4.73 Å². The summed E-state index contributed by atoms with van der Waals surface area (Å²) in [6.45, 7) is -0.351. The number of esters is 1. The number of hydrogen-bond acceptors (Lipinski definition) is 4. The molecule has 25 heavy (non-hydrogen) atoms. The highest BCUT2D eigenvalue weighted by Crippen LogP contribution is 2.19. The van der Waals surface area contributed by atoms with E-state index < -0.39 is 5.97 Å². The maximum atomic E-state index is 12.2. The predicted octanol–water partition coefficient (Wildman–Crippen LogP) is 3.03. The lowest BCUT2D eigenvalue weighted by molar-refractivity contribution is -0.605. The number of carbonyl (C=O) groups is 2. The van der Waals surface area contributed by atoms with Crippen molar-refractivity contribution < 1.29 is 19.1 Å². The summed E-state index contributed by atoms with van der Waals surface area (Å²) in [5.74, 6) is -0.933. The van der Waals surface area contributed by atoms with E-state index in [1.54, 1.807) is 12.1 Å². The molecule has 3 rings (SSSR count). The van der Waals surface area contributed by atoms with Gasteiger partial charge in [0.2, 0.25) is 0 Å². The van der Waals surface area contributed by atoms with Gasteiger partial charge in [0.15, 0.2) is 24.8 Å². The third kappa shape index (κ3) is 4.09. The first-order valence-corrected chi connectivity index (χ1v) is 7.68. The summed E-state index contributed by atoms with van der Waals surface area (Å²) >= 11 is 0. The molecule has 1 heterocycles. The van der Waals surface area contributed by atoms with Crippen LogP contribution in [0.4, 0.5) is 0 Å². The standard InChI is InChI=1S/C20H15NO4/c22-19(14-25-20(23)18-10-12-21(24)13-11-18)17-8-6-16(7-9-17)15-4-2-1-3-5-15/h1-13H,14H2. The molecule has 0 saturated carbocycles.